The number of likely N-dealkylation sites (N-methyl/N-ethyl adjacent to an activating group) is 1. The Labute approximate surface area is 125 Å². The van der Waals surface area contributed by atoms with Gasteiger partial charge in [0.25, 0.3) is 0 Å². The molecule has 5 heteroatoms. The normalized spacial score (nSPS) is 12.0. The third-order valence-electron chi connectivity index (χ3n) is 3.00. The quantitative estimate of drug-likeness (QED) is 0.751. The van der Waals surface area contributed by atoms with Crippen molar-refractivity contribution in [2.45, 2.75) is 32.2 Å². The van der Waals surface area contributed by atoms with E-state index in [1.165, 1.54) is 0 Å². The van der Waals surface area contributed by atoms with Gasteiger partial charge >= 0.3 is 0 Å². The third kappa shape index (κ3) is 5.80. The fraction of sp³-hybridized carbons (Fsp3) is 0.533. The number of halogens is 1. The number of amides is 1. The molecule has 0 aromatic heterocycles. The van der Waals surface area contributed by atoms with Gasteiger partial charge in [-0.15, -0.1) is 0 Å². The second kappa shape index (κ2) is 8.82. The standard InChI is InChI=1S/C15H23ClN2O2/c1-3-6-14(17)15(19)18(2)9-5-10-20-13-8-4-7-12(16)11-13/h4,7-8,11,14H,3,5-6,9-10,17H2,1-2H3. The highest BCUT2D eigenvalue weighted by molar-refractivity contribution is 6.30. The van der Waals surface area contributed by atoms with E-state index in [1.54, 1.807) is 24.1 Å². The van der Waals surface area contributed by atoms with Gasteiger partial charge in [-0.1, -0.05) is 31.0 Å². The highest BCUT2D eigenvalue weighted by atomic mass is 35.5. The van der Waals surface area contributed by atoms with Crippen molar-refractivity contribution >= 4 is 17.5 Å². The van der Waals surface area contributed by atoms with Crippen LogP contribution in [0.3, 0.4) is 0 Å². The fourth-order valence-electron chi connectivity index (χ4n) is 1.88. The number of nitrogens with two attached hydrogens (primary N) is 1. The number of hydrogen-bond acceptors (Lipinski definition) is 3. The maximum absolute atomic E-state index is 11.9. The molecule has 0 fully saturated rings. The first-order valence-electron chi connectivity index (χ1n) is 6.93. The number of ether oxygens (including phenoxy) is 1. The molecule has 2 N–H and O–H groups in total. The van der Waals surface area contributed by atoms with E-state index in [-0.39, 0.29) is 11.9 Å². The van der Waals surface area contributed by atoms with Crippen LogP contribution in [0.2, 0.25) is 5.02 Å². The van der Waals surface area contributed by atoms with E-state index in [1.807, 2.05) is 19.1 Å². The van der Waals surface area contributed by atoms with E-state index in [4.69, 9.17) is 22.1 Å². The van der Waals surface area contributed by atoms with Crippen LogP contribution in [0.5, 0.6) is 5.75 Å². The van der Waals surface area contributed by atoms with Crippen molar-refractivity contribution in [3.8, 4) is 5.75 Å². The lowest BCUT2D eigenvalue weighted by molar-refractivity contribution is -0.131. The first-order chi connectivity index (χ1) is 9.54. The van der Waals surface area contributed by atoms with Crippen LogP contribution in [-0.4, -0.2) is 37.0 Å². The van der Waals surface area contributed by atoms with E-state index in [9.17, 15) is 4.79 Å². The SMILES string of the molecule is CCCC(N)C(=O)N(C)CCCOc1cccc(Cl)c1. The van der Waals surface area contributed by atoms with Crippen LogP contribution in [0.25, 0.3) is 0 Å². The van der Waals surface area contributed by atoms with Crippen molar-refractivity contribution in [1.82, 2.24) is 4.90 Å². The number of hydrogen-bond donors (Lipinski definition) is 1. The molecule has 0 bridgehead atoms. The largest absolute Gasteiger partial charge is 0.493 e. The summed E-state index contributed by atoms with van der Waals surface area (Å²) in [6, 6.07) is 6.89. The molecule has 20 heavy (non-hydrogen) atoms. The Bertz CT molecular complexity index is 426. The predicted octanol–water partition coefficient (Wildman–Crippen LogP) is 2.69. The van der Waals surface area contributed by atoms with Crippen molar-refractivity contribution in [2.75, 3.05) is 20.2 Å². The van der Waals surface area contributed by atoms with Gasteiger partial charge in [0.15, 0.2) is 0 Å². The average molecular weight is 299 g/mol. The maximum atomic E-state index is 11.9. The zero-order chi connectivity index (χ0) is 15.0. The van der Waals surface area contributed by atoms with Crippen molar-refractivity contribution in [3.63, 3.8) is 0 Å². The van der Waals surface area contributed by atoms with E-state index in [0.717, 1.165) is 25.0 Å². The summed E-state index contributed by atoms with van der Waals surface area (Å²) >= 11 is 5.87. The second-order valence-electron chi connectivity index (χ2n) is 4.81. The summed E-state index contributed by atoms with van der Waals surface area (Å²) in [5, 5.41) is 0.653. The minimum absolute atomic E-state index is 0.00499. The van der Waals surface area contributed by atoms with E-state index in [0.29, 0.717) is 18.2 Å². The van der Waals surface area contributed by atoms with Crippen molar-refractivity contribution in [1.29, 1.82) is 0 Å². The van der Waals surface area contributed by atoms with Crippen LogP contribution in [0.1, 0.15) is 26.2 Å². The molecule has 1 amide bonds. The summed E-state index contributed by atoms with van der Waals surface area (Å²) in [4.78, 5) is 13.6. The molecular formula is C15H23ClN2O2. The van der Waals surface area contributed by atoms with E-state index >= 15 is 0 Å². The molecule has 0 radical (unpaired) electrons. The summed E-state index contributed by atoms with van der Waals surface area (Å²) in [5.41, 5.74) is 5.80. The first-order valence-corrected chi connectivity index (χ1v) is 7.31. The van der Waals surface area contributed by atoms with Crippen LogP contribution in [-0.2, 0) is 4.79 Å². The molecular weight excluding hydrogens is 276 g/mol. The zero-order valence-electron chi connectivity index (χ0n) is 12.1. The summed E-state index contributed by atoms with van der Waals surface area (Å²) in [5.74, 6) is 0.740. The molecule has 0 aliphatic rings. The van der Waals surface area contributed by atoms with E-state index in [2.05, 4.69) is 0 Å². The van der Waals surface area contributed by atoms with Gasteiger partial charge in [0, 0.05) is 18.6 Å². The Hall–Kier alpha value is -1.26. The Kier molecular flexibility index (Phi) is 7.41. The summed E-state index contributed by atoms with van der Waals surface area (Å²) in [6.45, 7) is 3.20. The van der Waals surface area contributed by atoms with Crippen LogP contribution >= 0.6 is 11.6 Å². The number of carbonyl (C=O) groups excluding carboxylic acids is 1. The van der Waals surface area contributed by atoms with Crippen LogP contribution in [0, 0.1) is 0 Å². The lowest BCUT2D eigenvalue weighted by Gasteiger charge is -2.21. The van der Waals surface area contributed by atoms with Gasteiger partial charge in [0.2, 0.25) is 5.91 Å². The molecule has 0 spiro atoms. The van der Waals surface area contributed by atoms with Crippen molar-refractivity contribution in [3.05, 3.63) is 29.3 Å². The van der Waals surface area contributed by atoms with Crippen molar-refractivity contribution in [2.24, 2.45) is 5.73 Å². The van der Waals surface area contributed by atoms with Crippen LogP contribution < -0.4 is 10.5 Å². The van der Waals surface area contributed by atoms with E-state index < -0.39 is 0 Å². The highest BCUT2D eigenvalue weighted by Gasteiger charge is 2.16. The molecule has 4 nitrogen and oxygen atoms in total. The zero-order valence-corrected chi connectivity index (χ0v) is 12.9. The average Bonchev–Trinajstić information content (AvgIpc) is 2.43. The molecule has 0 aliphatic heterocycles. The highest BCUT2D eigenvalue weighted by Crippen LogP contribution is 2.17. The summed E-state index contributed by atoms with van der Waals surface area (Å²) in [6.07, 6.45) is 2.40. The summed E-state index contributed by atoms with van der Waals surface area (Å²) in [7, 11) is 1.78. The molecule has 1 aromatic rings. The minimum Gasteiger partial charge on any atom is -0.493 e. The predicted molar refractivity (Wildman–Crippen MR) is 82.1 cm³/mol. The molecule has 0 saturated carbocycles. The van der Waals surface area contributed by atoms with Gasteiger partial charge in [0.05, 0.1) is 12.6 Å². The Morgan fingerprint density at radius 3 is 2.90 bits per heavy atom. The fourth-order valence-corrected chi connectivity index (χ4v) is 2.06. The van der Waals surface area contributed by atoms with Crippen LogP contribution in [0.15, 0.2) is 24.3 Å². The lowest BCUT2D eigenvalue weighted by atomic mass is 10.1. The Morgan fingerprint density at radius 1 is 1.50 bits per heavy atom. The number of nitrogens with zero attached hydrogens (tertiary/aromatic N) is 1. The lowest BCUT2D eigenvalue weighted by Crippen LogP contribution is -2.42. The van der Waals surface area contributed by atoms with Gasteiger partial charge in [-0.05, 0) is 31.0 Å². The van der Waals surface area contributed by atoms with Gasteiger partial charge in [-0.2, -0.15) is 0 Å². The summed E-state index contributed by atoms with van der Waals surface area (Å²) < 4.78 is 5.57. The molecule has 0 saturated heterocycles. The first kappa shape index (κ1) is 16.8. The molecule has 1 unspecified atom stereocenters. The molecule has 1 aromatic carbocycles. The number of carbonyl (C=O) groups is 1. The smallest absolute Gasteiger partial charge is 0.239 e. The number of benzene rings is 1. The molecule has 0 heterocycles. The molecule has 1 atom stereocenters. The molecule has 1 rings (SSSR count). The van der Waals surface area contributed by atoms with Gasteiger partial charge < -0.3 is 15.4 Å². The Balaban J connectivity index is 2.25. The Morgan fingerprint density at radius 2 is 2.25 bits per heavy atom. The molecule has 0 aliphatic carbocycles. The number of rotatable bonds is 8. The van der Waals surface area contributed by atoms with Gasteiger partial charge in [-0.3, -0.25) is 4.79 Å². The third-order valence-corrected chi connectivity index (χ3v) is 3.23. The maximum Gasteiger partial charge on any atom is 0.239 e. The van der Waals surface area contributed by atoms with Crippen molar-refractivity contribution < 1.29 is 9.53 Å². The monoisotopic (exact) mass is 298 g/mol. The second-order valence-corrected chi connectivity index (χ2v) is 5.25. The van der Waals surface area contributed by atoms with Gasteiger partial charge in [0.1, 0.15) is 5.75 Å². The minimum atomic E-state index is -0.390. The van der Waals surface area contributed by atoms with Gasteiger partial charge in [-0.25, -0.2) is 0 Å². The molecule has 112 valence electrons. The topological polar surface area (TPSA) is 55.6 Å². The van der Waals surface area contributed by atoms with Crippen LogP contribution in [0.4, 0.5) is 0 Å².